The molecule has 0 bridgehead atoms. The van der Waals surface area contributed by atoms with Crippen LogP contribution in [0.5, 0.6) is 0 Å². The molecule has 0 radical (unpaired) electrons. The summed E-state index contributed by atoms with van der Waals surface area (Å²) in [4.78, 5) is 29.7. The lowest BCUT2D eigenvalue weighted by Crippen LogP contribution is -2.45. The minimum Gasteiger partial charge on any atom is -0.396 e. The highest BCUT2D eigenvalue weighted by atomic mass is 28.4. The van der Waals surface area contributed by atoms with Gasteiger partial charge in [0.05, 0.1) is 41.3 Å². The van der Waals surface area contributed by atoms with Crippen LogP contribution in [0.15, 0.2) is 90.0 Å². The van der Waals surface area contributed by atoms with Gasteiger partial charge >= 0.3 is 0 Å². The number of aromatic nitrogens is 5. The first-order chi connectivity index (χ1) is 22.6. The molecule has 4 atom stereocenters. The third-order valence-corrected chi connectivity index (χ3v) is 12.1. The molecule has 2 aliphatic rings. The second-order valence-electron chi connectivity index (χ2n) is 13.0. The lowest BCUT2D eigenvalue weighted by Gasteiger charge is -2.31. The third-order valence-electron chi connectivity index (χ3n) is 9.66. The Hall–Kier alpha value is -4.52. The van der Waals surface area contributed by atoms with Gasteiger partial charge in [-0.05, 0) is 49.3 Å². The van der Waals surface area contributed by atoms with Gasteiger partial charge in [0, 0.05) is 48.2 Å². The van der Waals surface area contributed by atoms with Crippen LogP contribution in [0.25, 0.3) is 16.5 Å². The Balaban J connectivity index is 1.20. The average molecular weight is 653 g/mol. The maximum atomic E-state index is 16.2. The molecule has 242 valence electrons. The number of anilines is 1. The van der Waals surface area contributed by atoms with Crippen LogP contribution in [0.3, 0.4) is 0 Å². The molecular formula is C35H37FN6O4Si. The van der Waals surface area contributed by atoms with Crippen LogP contribution in [-0.4, -0.2) is 56.9 Å². The highest BCUT2D eigenvalue weighted by molar-refractivity contribution is 6.72. The summed E-state index contributed by atoms with van der Waals surface area (Å²) in [6.45, 7) is 5.99. The number of aliphatic hydroxyl groups excluding tert-OH is 1. The number of hydrogen-bond acceptors (Lipinski definition) is 7. The number of rotatable bonds is 9. The summed E-state index contributed by atoms with van der Waals surface area (Å²) in [5, 5.41) is 23.3. The topological polar surface area (TPSA) is 115 Å². The molecule has 0 aliphatic carbocycles. The number of para-hydroxylation sites is 1. The molecule has 2 aromatic heterocycles. The third kappa shape index (κ3) is 5.30. The van der Waals surface area contributed by atoms with E-state index in [1.165, 1.54) is 4.68 Å². The van der Waals surface area contributed by atoms with E-state index in [0.29, 0.717) is 36.2 Å². The van der Waals surface area contributed by atoms with Crippen molar-refractivity contribution in [2.24, 2.45) is 5.92 Å². The Morgan fingerprint density at radius 2 is 1.83 bits per heavy atom. The smallest absolute Gasteiger partial charge is 0.279 e. The van der Waals surface area contributed by atoms with E-state index in [1.54, 1.807) is 41.1 Å². The molecule has 4 heterocycles. The summed E-state index contributed by atoms with van der Waals surface area (Å²) in [7, 11) is -3.32. The molecule has 1 fully saturated rings. The Bertz CT molecular complexity index is 2030. The van der Waals surface area contributed by atoms with Crippen molar-refractivity contribution in [3.05, 3.63) is 112 Å². The number of fused-ring (bicyclic) bond motifs is 3. The van der Waals surface area contributed by atoms with E-state index in [4.69, 9.17) is 4.74 Å². The van der Waals surface area contributed by atoms with Gasteiger partial charge in [-0.1, -0.05) is 60.7 Å². The number of halogens is 1. The van der Waals surface area contributed by atoms with Crippen LogP contribution in [0.4, 0.5) is 9.80 Å². The minimum absolute atomic E-state index is 0.0185. The number of carbonyl (C=O) groups excluding carboxylic acids is 1. The Morgan fingerprint density at radius 1 is 1.04 bits per heavy atom. The van der Waals surface area contributed by atoms with Crippen molar-refractivity contribution in [2.75, 3.05) is 11.5 Å². The van der Waals surface area contributed by atoms with Crippen LogP contribution in [0.1, 0.15) is 30.2 Å². The fraction of sp³-hybridized carbons (Fsp3) is 0.343. The van der Waals surface area contributed by atoms with Crippen molar-refractivity contribution < 1.29 is 18.7 Å². The van der Waals surface area contributed by atoms with Gasteiger partial charge in [0.15, 0.2) is 5.60 Å². The number of aryl methyl sites for hydroxylation is 1. The zero-order chi connectivity index (χ0) is 32.9. The first-order valence-corrected chi connectivity index (χ1v) is 18.9. The molecule has 1 amide bonds. The molecule has 7 rings (SSSR count). The van der Waals surface area contributed by atoms with Crippen LogP contribution >= 0.6 is 0 Å². The summed E-state index contributed by atoms with van der Waals surface area (Å²) >= 11 is 0. The maximum Gasteiger partial charge on any atom is 0.279 e. The molecular weight excluding hydrogens is 616 g/mol. The van der Waals surface area contributed by atoms with E-state index in [1.807, 2.05) is 73.7 Å². The van der Waals surface area contributed by atoms with Gasteiger partial charge in [0.1, 0.15) is 0 Å². The van der Waals surface area contributed by atoms with Crippen molar-refractivity contribution in [3.63, 3.8) is 0 Å². The van der Waals surface area contributed by atoms with Crippen molar-refractivity contribution >= 4 is 30.8 Å². The van der Waals surface area contributed by atoms with Gasteiger partial charge in [-0.15, -0.1) is 5.10 Å². The lowest BCUT2D eigenvalue weighted by atomic mass is 9.82. The van der Waals surface area contributed by atoms with Crippen molar-refractivity contribution in [1.29, 1.82) is 0 Å². The minimum atomic E-state index is -3.32. The van der Waals surface area contributed by atoms with Crippen molar-refractivity contribution in [1.82, 2.24) is 24.8 Å². The van der Waals surface area contributed by atoms with E-state index in [-0.39, 0.29) is 24.6 Å². The second-order valence-corrected chi connectivity index (χ2v) is 16.8. The fourth-order valence-electron chi connectivity index (χ4n) is 7.61. The predicted octanol–water partition coefficient (Wildman–Crippen LogP) is 4.92. The molecule has 1 spiro atoms. The Morgan fingerprint density at radius 3 is 2.64 bits per heavy atom. The second kappa shape index (κ2) is 11.9. The molecule has 2 aliphatic heterocycles. The monoisotopic (exact) mass is 652 g/mol. The normalized spacial score (nSPS) is 22.4. The molecule has 0 unspecified atom stereocenters. The maximum absolute atomic E-state index is 16.2. The number of benzene rings is 3. The molecule has 5 aromatic rings. The van der Waals surface area contributed by atoms with E-state index in [9.17, 15) is 14.7 Å². The zero-order valence-corrected chi connectivity index (χ0v) is 27.6. The lowest BCUT2D eigenvalue weighted by molar-refractivity contribution is -0.146. The molecule has 12 heteroatoms. The van der Waals surface area contributed by atoms with Gasteiger partial charge < -0.3 is 18.9 Å². The van der Waals surface area contributed by atoms with Crippen LogP contribution in [0.2, 0.25) is 18.6 Å². The summed E-state index contributed by atoms with van der Waals surface area (Å²) < 4.78 is 26.1. The largest absolute Gasteiger partial charge is 0.396 e. The summed E-state index contributed by atoms with van der Waals surface area (Å²) in [6, 6.07) is 22.4. The number of ether oxygens (including phenoxy) is 1. The summed E-state index contributed by atoms with van der Waals surface area (Å²) in [5.41, 5.74) is 1.58. The van der Waals surface area contributed by atoms with Crippen molar-refractivity contribution in [3.8, 4) is 5.69 Å². The van der Waals surface area contributed by atoms with E-state index >= 15 is 4.11 Å². The molecule has 0 saturated carbocycles. The molecule has 47 heavy (non-hydrogen) atoms. The van der Waals surface area contributed by atoms with Crippen LogP contribution in [0, 0.1) is 5.92 Å². The Kier molecular flexibility index (Phi) is 7.89. The highest BCUT2D eigenvalue weighted by Gasteiger charge is 2.66. The number of amides is 1. The van der Waals surface area contributed by atoms with E-state index < -0.39 is 31.6 Å². The zero-order valence-electron chi connectivity index (χ0n) is 26.6. The number of nitrogens with zero attached hydrogens (tertiary/aromatic N) is 6. The van der Waals surface area contributed by atoms with Gasteiger partial charge in [0.2, 0.25) is 8.41 Å². The van der Waals surface area contributed by atoms with E-state index in [0.717, 1.165) is 22.2 Å². The molecule has 1 N–H and O–H groups in total. The van der Waals surface area contributed by atoms with Gasteiger partial charge in [-0.3, -0.25) is 14.3 Å². The highest BCUT2D eigenvalue weighted by Crippen LogP contribution is 2.60. The van der Waals surface area contributed by atoms with Crippen LogP contribution < -0.4 is 10.5 Å². The first kappa shape index (κ1) is 31.1. The van der Waals surface area contributed by atoms with Crippen LogP contribution in [-0.2, 0) is 34.6 Å². The first-order valence-electron chi connectivity index (χ1n) is 16.0. The predicted molar refractivity (Wildman–Crippen MR) is 178 cm³/mol. The van der Waals surface area contributed by atoms with Gasteiger partial charge in [-0.2, -0.15) is 9.78 Å². The molecule has 1 saturated heterocycles. The number of carbonyl (C=O) groups is 1. The SMILES string of the molecule is C[C@@H]1[C@@H]([Si](C)(C)F)[C@H](CCn2cc(CCO)nn2)O[C@@]12C(=O)N(Cc1cccc(-n3ncc4ccccc4c3=O)c1)c1ccccc12. The quantitative estimate of drug-likeness (QED) is 0.178. The standard InChI is InChI=1S/C35H37FN6O4Si/c1-23-32(47(2,3)36)31(15-17-40-22-26(16-18-43)38-39-40)46-35(23)29-13-6-7-14-30(29)41(34(35)45)21-24-9-8-11-27(19-24)42-33(44)28-12-5-4-10-25(28)20-37-42/h4-14,19-20,22-23,31-32,43H,15-18,21H2,1-3H3/t23-,31+,32-,35+/m1/s1. The molecule has 3 aromatic carbocycles. The number of aliphatic hydroxyl groups is 1. The average Bonchev–Trinajstić information content (AvgIpc) is 3.70. The van der Waals surface area contributed by atoms with Gasteiger partial charge in [0.25, 0.3) is 11.5 Å². The number of hydrogen-bond donors (Lipinski definition) is 1. The van der Waals surface area contributed by atoms with Gasteiger partial charge in [-0.25, -0.2) is 0 Å². The summed E-state index contributed by atoms with van der Waals surface area (Å²) in [5.74, 6) is -0.625. The van der Waals surface area contributed by atoms with Crippen molar-refractivity contribution in [2.45, 2.75) is 63.2 Å². The molecule has 10 nitrogen and oxygen atoms in total. The van der Waals surface area contributed by atoms with E-state index in [2.05, 4.69) is 15.4 Å². The fourth-order valence-corrected chi connectivity index (χ4v) is 10.2. The summed E-state index contributed by atoms with van der Waals surface area (Å²) in [6.07, 6.45) is 3.82. The Labute approximate surface area is 272 Å².